The van der Waals surface area contributed by atoms with Gasteiger partial charge >= 0.3 is 0 Å². The fourth-order valence-corrected chi connectivity index (χ4v) is 6.60. The molecule has 2 unspecified atom stereocenters. The number of hydrogen-bond donors (Lipinski definition) is 0. The van der Waals surface area contributed by atoms with Crippen LogP contribution in [-0.2, 0) is 14.8 Å². The van der Waals surface area contributed by atoms with Gasteiger partial charge in [-0.2, -0.15) is 0 Å². The number of nitro groups is 1. The molecule has 0 amide bonds. The van der Waals surface area contributed by atoms with E-state index in [-0.39, 0.29) is 27.8 Å². The van der Waals surface area contributed by atoms with Crippen molar-refractivity contribution in [3.8, 4) is 0 Å². The molecule has 30 heavy (non-hydrogen) atoms. The van der Waals surface area contributed by atoms with Crippen LogP contribution < -0.4 is 0 Å². The second kappa shape index (κ2) is 7.27. The van der Waals surface area contributed by atoms with Gasteiger partial charge in [-0.25, -0.2) is 8.42 Å². The van der Waals surface area contributed by atoms with Gasteiger partial charge in [0.1, 0.15) is 0 Å². The van der Waals surface area contributed by atoms with Gasteiger partial charge in [0.15, 0.2) is 0 Å². The number of non-ortho nitro benzene ring substituents is 1. The number of hydrogen-bond acceptors (Lipinski definition) is 5. The van der Waals surface area contributed by atoms with E-state index in [9.17, 15) is 18.5 Å². The van der Waals surface area contributed by atoms with Crippen LogP contribution in [0, 0.1) is 27.4 Å². The summed E-state index contributed by atoms with van der Waals surface area (Å²) in [5, 5.41) is 10.9. The average Bonchev–Trinajstić information content (AvgIpc) is 2.73. The molecule has 1 aliphatic heterocycles. The number of nitro benzene ring substituents is 1. The van der Waals surface area contributed by atoms with Crippen LogP contribution in [0.4, 0.5) is 5.69 Å². The summed E-state index contributed by atoms with van der Waals surface area (Å²) >= 11 is 0. The van der Waals surface area contributed by atoms with Crippen molar-refractivity contribution in [2.75, 3.05) is 13.7 Å². The normalized spacial score (nSPS) is 25.3. The van der Waals surface area contributed by atoms with Crippen LogP contribution in [0.5, 0.6) is 0 Å². The van der Waals surface area contributed by atoms with Crippen molar-refractivity contribution in [2.45, 2.75) is 38.0 Å². The summed E-state index contributed by atoms with van der Waals surface area (Å²) in [6.45, 7) is 4.84. The highest BCUT2D eigenvalue weighted by molar-refractivity contribution is 7.89. The number of allylic oxidation sites excluding steroid dienone is 6. The smallest absolute Gasteiger partial charge is 0.269 e. The molecule has 1 saturated heterocycles. The monoisotopic (exact) mass is 430 g/mol. The average molecular weight is 431 g/mol. The molecule has 1 aromatic carbocycles. The van der Waals surface area contributed by atoms with Crippen LogP contribution in [0.3, 0.4) is 0 Å². The number of nitrogens with zero attached hydrogens (tertiary/aromatic N) is 2. The second-order valence-electron chi connectivity index (χ2n) is 8.67. The highest BCUT2D eigenvalue weighted by Gasteiger charge is 2.49. The SMILES string of the molecule is COC1=CC=C2C=C3C(CCCN3S(=O)(=O)c3ccc([N+](=O)[O-])cc3)C(C)(C)C2C1. The molecule has 0 N–H and O–H groups in total. The largest absolute Gasteiger partial charge is 0.501 e. The molecule has 7 nitrogen and oxygen atoms in total. The van der Waals surface area contributed by atoms with Gasteiger partial charge in [-0.05, 0) is 54.0 Å². The van der Waals surface area contributed by atoms with Crippen LogP contribution in [0.2, 0.25) is 0 Å². The third kappa shape index (κ3) is 3.23. The number of rotatable bonds is 4. The predicted octanol–water partition coefficient (Wildman–Crippen LogP) is 4.40. The quantitative estimate of drug-likeness (QED) is 0.522. The Kier molecular flexibility index (Phi) is 5.00. The molecule has 2 aliphatic carbocycles. The number of methoxy groups -OCH3 is 1. The zero-order valence-corrected chi connectivity index (χ0v) is 18.2. The zero-order chi connectivity index (χ0) is 21.7. The second-order valence-corrected chi connectivity index (χ2v) is 10.5. The third-order valence-corrected chi connectivity index (χ3v) is 8.62. The predicted molar refractivity (Wildman–Crippen MR) is 113 cm³/mol. The van der Waals surface area contributed by atoms with E-state index in [1.54, 1.807) is 7.11 Å². The highest BCUT2D eigenvalue weighted by Crippen LogP contribution is 2.55. The first-order valence-electron chi connectivity index (χ1n) is 10.1. The van der Waals surface area contributed by atoms with Crippen molar-refractivity contribution in [2.24, 2.45) is 17.3 Å². The van der Waals surface area contributed by atoms with Crippen LogP contribution in [-0.4, -0.2) is 31.3 Å². The summed E-state index contributed by atoms with van der Waals surface area (Å²) in [5.74, 6) is 1.32. The molecule has 0 aromatic heterocycles. The van der Waals surface area contributed by atoms with Crippen molar-refractivity contribution in [1.29, 1.82) is 0 Å². The molecule has 0 bridgehead atoms. The van der Waals surface area contributed by atoms with Crippen molar-refractivity contribution < 1.29 is 18.1 Å². The van der Waals surface area contributed by atoms with E-state index in [4.69, 9.17) is 4.74 Å². The Morgan fingerprint density at radius 1 is 1.17 bits per heavy atom. The first-order chi connectivity index (χ1) is 14.2. The lowest BCUT2D eigenvalue weighted by molar-refractivity contribution is -0.384. The van der Waals surface area contributed by atoms with Crippen LogP contribution >= 0.6 is 0 Å². The molecule has 2 atom stereocenters. The molecule has 1 aromatic rings. The maximum atomic E-state index is 13.5. The molecule has 3 aliphatic rings. The van der Waals surface area contributed by atoms with Crippen LogP contribution in [0.1, 0.15) is 33.1 Å². The molecular weight excluding hydrogens is 404 g/mol. The molecular formula is C22H26N2O5S. The van der Waals surface area contributed by atoms with Gasteiger partial charge in [0.25, 0.3) is 15.7 Å². The summed E-state index contributed by atoms with van der Waals surface area (Å²) in [7, 11) is -2.12. The van der Waals surface area contributed by atoms with E-state index in [1.165, 1.54) is 28.6 Å². The molecule has 4 rings (SSSR count). The standard InChI is InChI=1S/C22H26N2O5S/c1-22(2)19-5-4-12-23(21(19)13-15-6-9-17(29-3)14-20(15)22)30(27,28)18-10-7-16(8-11-18)24(25)26/h6-11,13,19-20H,4-5,12,14H2,1-3H3. The lowest BCUT2D eigenvalue weighted by Crippen LogP contribution is -2.48. The highest BCUT2D eigenvalue weighted by atomic mass is 32.2. The number of fused-ring (bicyclic) bond motifs is 2. The van der Waals surface area contributed by atoms with Gasteiger partial charge in [-0.15, -0.1) is 0 Å². The molecule has 1 heterocycles. The minimum Gasteiger partial charge on any atom is -0.501 e. The summed E-state index contributed by atoms with van der Waals surface area (Å²) in [4.78, 5) is 10.5. The van der Waals surface area contributed by atoms with Gasteiger partial charge in [0, 0.05) is 36.7 Å². The fourth-order valence-electron chi connectivity index (χ4n) is 5.04. The summed E-state index contributed by atoms with van der Waals surface area (Å²) in [5.41, 5.74) is 1.69. The summed E-state index contributed by atoms with van der Waals surface area (Å²) in [6, 6.07) is 5.12. The molecule has 1 fully saturated rings. The molecule has 0 spiro atoms. The van der Waals surface area contributed by atoms with Gasteiger partial charge in [0.2, 0.25) is 0 Å². The zero-order valence-electron chi connectivity index (χ0n) is 17.4. The van der Waals surface area contributed by atoms with E-state index >= 15 is 0 Å². The Bertz CT molecular complexity index is 1070. The van der Waals surface area contributed by atoms with E-state index in [2.05, 4.69) is 13.8 Å². The van der Waals surface area contributed by atoms with Crippen molar-refractivity contribution in [1.82, 2.24) is 4.31 Å². The van der Waals surface area contributed by atoms with Crippen molar-refractivity contribution in [3.63, 3.8) is 0 Å². The maximum Gasteiger partial charge on any atom is 0.269 e. The number of ether oxygens (including phenoxy) is 1. The minimum absolute atomic E-state index is 0.0776. The topological polar surface area (TPSA) is 89.8 Å². The first kappa shape index (κ1) is 20.7. The van der Waals surface area contributed by atoms with Crippen molar-refractivity contribution >= 4 is 15.7 Å². The van der Waals surface area contributed by atoms with Gasteiger partial charge in [-0.1, -0.05) is 19.9 Å². The van der Waals surface area contributed by atoms with Gasteiger partial charge in [0.05, 0.1) is 22.7 Å². The summed E-state index contributed by atoms with van der Waals surface area (Å²) < 4.78 is 33.9. The first-order valence-corrected chi connectivity index (χ1v) is 11.5. The Labute approximate surface area is 176 Å². The lowest BCUT2D eigenvalue weighted by Gasteiger charge is -2.51. The van der Waals surface area contributed by atoms with E-state index in [0.717, 1.165) is 36.3 Å². The Balaban J connectivity index is 1.76. The number of sulfonamides is 1. The van der Waals surface area contributed by atoms with Crippen molar-refractivity contribution in [3.05, 3.63) is 69.6 Å². The van der Waals surface area contributed by atoms with Crippen LogP contribution in [0.15, 0.2) is 64.4 Å². The van der Waals surface area contributed by atoms with E-state index in [1.807, 2.05) is 18.2 Å². The summed E-state index contributed by atoms with van der Waals surface area (Å²) in [6.07, 6.45) is 8.54. The Hall–Kier alpha value is -2.61. The van der Waals surface area contributed by atoms with Gasteiger partial charge in [-0.3, -0.25) is 14.4 Å². The van der Waals surface area contributed by atoms with Gasteiger partial charge < -0.3 is 4.74 Å². The Morgan fingerprint density at radius 2 is 1.87 bits per heavy atom. The Morgan fingerprint density at radius 3 is 2.50 bits per heavy atom. The molecule has 0 saturated carbocycles. The maximum absolute atomic E-state index is 13.5. The number of benzene rings is 1. The molecule has 160 valence electrons. The molecule has 8 heteroatoms. The fraction of sp³-hybridized carbons (Fsp3) is 0.455. The lowest BCUT2D eigenvalue weighted by atomic mass is 9.58. The number of piperidine rings is 1. The van der Waals surface area contributed by atoms with Crippen LogP contribution in [0.25, 0.3) is 0 Å². The van der Waals surface area contributed by atoms with E-state index < -0.39 is 14.9 Å². The third-order valence-electron chi connectivity index (χ3n) is 6.78. The van der Waals surface area contributed by atoms with E-state index in [0.29, 0.717) is 6.54 Å². The molecule has 0 radical (unpaired) electrons. The minimum atomic E-state index is -3.80.